The highest BCUT2D eigenvalue weighted by molar-refractivity contribution is 5.91. The summed E-state index contributed by atoms with van der Waals surface area (Å²) in [4.78, 5) is 0. The first kappa shape index (κ1) is 10.8. The largest absolute Gasteiger partial charge is 0.478 e. The Hall–Kier alpha value is -1.31. The number of rotatable bonds is 5. The van der Waals surface area contributed by atoms with Gasteiger partial charge in [0.15, 0.2) is 0 Å². The molecule has 0 bridgehead atoms. The zero-order valence-electron chi connectivity index (χ0n) is 8.62. The Balaban J connectivity index is 2.29. The molecule has 0 aliphatic rings. The topological polar surface area (TPSA) is 33.1 Å². The number of unbranched alkanes of at least 4 members (excludes halogenated alkanes) is 2. The summed E-state index contributed by atoms with van der Waals surface area (Å²) in [5.74, 6) is 0.279. The molecule has 0 spiro atoms. The summed E-state index contributed by atoms with van der Waals surface area (Å²) in [5.41, 5.74) is 0.851. The predicted molar refractivity (Wildman–Crippen MR) is 58.7 cm³/mol. The van der Waals surface area contributed by atoms with Crippen LogP contribution in [-0.4, -0.2) is 12.5 Å². The van der Waals surface area contributed by atoms with Crippen LogP contribution in [-0.2, 0) is 4.74 Å². The number of ether oxygens (including phenoxy) is 1. The summed E-state index contributed by atoms with van der Waals surface area (Å²) in [6, 6.07) is 9.55. The standard InChI is InChI=1S/C12H17NO/c1-2-3-7-10-14-12(13)11-8-5-4-6-9-11/h4-6,8-9,13H,2-3,7,10H2,1H3. The number of hydrogen-bond donors (Lipinski definition) is 1. The van der Waals surface area contributed by atoms with E-state index in [1.54, 1.807) is 0 Å². The van der Waals surface area contributed by atoms with Crippen molar-refractivity contribution in [1.82, 2.24) is 0 Å². The van der Waals surface area contributed by atoms with Crippen molar-refractivity contribution in [2.24, 2.45) is 0 Å². The molecule has 0 heterocycles. The second-order valence-corrected chi connectivity index (χ2v) is 3.25. The zero-order valence-corrected chi connectivity index (χ0v) is 8.62. The molecule has 1 aromatic carbocycles. The molecule has 1 aromatic rings. The average Bonchev–Trinajstić information content (AvgIpc) is 2.25. The van der Waals surface area contributed by atoms with Crippen LogP contribution in [0, 0.1) is 5.41 Å². The first-order chi connectivity index (χ1) is 6.84. The molecule has 0 aliphatic heterocycles. The summed E-state index contributed by atoms with van der Waals surface area (Å²) in [6.07, 6.45) is 3.38. The molecule has 0 saturated heterocycles. The lowest BCUT2D eigenvalue weighted by atomic mass is 10.2. The third-order valence-electron chi connectivity index (χ3n) is 2.03. The lowest BCUT2D eigenvalue weighted by Gasteiger charge is -2.06. The van der Waals surface area contributed by atoms with Gasteiger partial charge in [0.1, 0.15) is 0 Å². The van der Waals surface area contributed by atoms with Gasteiger partial charge in [0.05, 0.1) is 6.61 Å². The van der Waals surface area contributed by atoms with Crippen molar-refractivity contribution in [3.63, 3.8) is 0 Å². The van der Waals surface area contributed by atoms with E-state index in [9.17, 15) is 0 Å². The van der Waals surface area contributed by atoms with E-state index in [1.807, 2.05) is 30.3 Å². The molecule has 0 unspecified atom stereocenters. The molecule has 0 fully saturated rings. The van der Waals surface area contributed by atoms with Crippen LogP contribution < -0.4 is 0 Å². The maximum Gasteiger partial charge on any atom is 0.213 e. The van der Waals surface area contributed by atoms with Crippen molar-refractivity contribution in [1.29, 1.82) is 5.41 Å². The molecule has 0 amide bonds. The van der Waals surface area contributed by atoms with E-state index in [0.29, 0.717) is 6.61 Å². The molecule has 76 valence electrons. The minimum Gasteiger partial charge on any atom is -0.478 e. The fourth-order valence-corrected chi connectivity index (χ4v) is 1.20. The molecule has 1 N–H and O–H groups in total. The van der Waals surface area contributed by atoms with Crippen LogP contribution in [0.3, 0.4) is 0 Å². The minimum absolute atomic E-state index is 0.279. The lowest BCUT2D eigenvalue weighted by Crippen LogP contribution is -2.05. The molecule has 14 heavy (non-hydrogen) atoms. The molecule has 2 heteroatoms. The normalized spacial score (nSPS) is 9.79. The average molecular weight is 191 g/mol. The molecule has 0 aliphatic carbocycles. The summed E-state index contributed by atoms with van der Waals surface area (Å²) in [7, 11) is 0. The van der Waals surface area contributed by atoms with E-state index in [0.717, 1.165) is 12.0 Å². The molecular weight excluding hydrogens is 174 g/mol. The van der Waals surface area contributed by atoms with Gasteiger partial charge < -0.3 is 4.74 Å². The molecule has 0 atom stereocenters. The van der Waals surface area contributed by atoms with Gasteiger partial charge >= 0.3 is 0 Å². The number of nitrogens with one attached hydrogen (secondary N) is 1. The van der Waals surface area contributed by atoms with E-state index in [1.165, 1.54) is 12.8 Å². The summed E-state index contributed by atoms with van der Waals surface area (Å²) >= 11 is 0. The van der Waals surface area contributed by atoms with Crippen LogP contribution in [0.4, 0.5) is 0 Å². The Kier molecular flexibility index (Phi) is 4.76. The number of benzene rings is 1. The van der Waals surface area contributed by atoms with Gasteiger partial charge in [0, 0.05) is 5.56 Å². The van der Waals surface area contributed by atoms with Gasteiger partial charge in [-0.05, 0) is 18.6 Å². The van der Waals surface area contributed by atoms with Crippen LogP contribution in [0.1, 0.15) is 31.7 Å². The van der Waals surface area contributed by atoms with Crippen molar-refractivity contribution in [3.05, 3.63) is 35.9 Å². The van der Waals surface area contributed by atoms with Crippen LogP contribution in [0.15, 0.2) is 30.3 Å². The van der Waals surface area contributed by atoms with Crippen LogP contribution >= 0.6 is 0 Å². The van der Waals surface area contributed by atoms with E-state index in [4.69, 9.17) is 10.1 Å². The predicted octanol–water partition coefficient (Wildman–Crippen LogP) is 3.22. The van der Waals surface area contributed by atoms with E-state index < -0.39 is 0 Å². The highest BCUT2D eigenvalue weighted by Gasteiger charge is 1.99. The Morgan fingerprint density at radius 1 is 1.21 bits per heavy atom. The van der Waals surface area contributed by atoms with Gasteiger partial charge in [-0.2, -0.15) is 0 Å². The number of hydrogen-bond acceptors (Lipinski definition) is 2. The Labute approximate surface area is 85.4 Å². The molecule has 0 aromatic heterocycles. The van der Waals surface area contributed by atoms with Crippen molar-refractivity contribution in [2.75, 3.05) is 6.61 Å². The SMILES string of the molecule is CCCCCOC(=N)c1ccccc1. The Morgan fingerprint density at radius 3 is 2.57 bits per heavy atom. The van der Waals surface area contributed by atoms with Crippen LogP contribution in [0.5, 0.6) is 0 Å². The van der Waals surface area contributed by atoms with Gasteiger partial charge in [-0.3, -0.25) is 5.41 Å². The summed E-state index contributed by atoms with van der Waals surface area (Å²) in [6.45, 7) is 2.81. The fraction of sp³-hybridized carbons (Fsp3) is 0.417. The fourth-order valence-electron chi connectivity index (χ4n) is 1.20. The lowest BCUT2D eigenvalue weighted by molar-refractivity contribution is 0.292. The van der Waals surface area contributed by atoms with Crippen molar-refractivity contribution < 1.29 is 4.74 Å². The summed E-state index contributed by atoms with van der Waals surface area (Å²) in [5, 5.41) is 7.64. The molecule has 1 rings (SSSR count). The maximum atomic E-state index is 7.64. The van der Waals surface area contributed by atoms with Crippen LogP contribution in [0.25, 0.3) is 0 Å². The van der Waals surface area contributed by atoms with E-state index in [2.05, 4.69) is 6.92 Å². The summed E-state index contributed by atoms with van der Waals surface area (Å²) < 4.78 is 5.31. The highest BCUT2D eigenvalue weighted by Crippen LogP contribution is 2.02. The van der Waals surface area contributed by atoms with Gasteiger partial charge in [-0.25, -0.2) is 0 Å². The van der Waals surface area contributed by atoms with Gasteiger partial charge in [0.25, 0.3) is 0 Å². The van der Waals surface area contributed by atoms with Gasteiger partial charge in [0.2, 0.25) is 5.90 Å². The molecule has 2 nitrogen and oxygen atoms in total. The van der Waals surface area contributed by atoms with E-state index in [-0.39, 0.29) is 5.90 Å². The van der Waals surface area contributed by atoms with Crippen molar-refractivity contribution >= 4 is 5.90 Å². The first-order valence-corrected chi connectivity index (χ1v) is 5.11. The quantitative estimate of drug-likeness (QED) is 0.432. The van der Waals surface area contributed by atoms with Gasteiger partial charge in [-0.1, -0.05) is 38.0 Å². The first-order valence-electron chi connectivity index (χ1n) is 5.11. The third-order valence-corrected chi connectivity index (χ3v) is 2.03. The molecule has 0 saturated carbocycles. The maximum absolute atomic E-state index is 7.64. The van der Waals surface area contributed by atoms with Gasteiger partial charge in [-0.15, -0.1) is 0 Å². The van der Waals surface area contributed by atoms with E-state index >= 15 is 0 Å². The van der Waals surface area contributed by atoms with Crippen molar-refractivity contribution in [3.8, 4) is 0 Å². The Morgan fingerprint density at radius 2 is 1.93 bits per heavy atom. The molecular formula is C12H17NO. The smallest absolute Gasteiger partial charge is 0.213 e. The van der Waals surface area contributed by atoms with Crippen molar-refractivity contribution in [2.45, 2.75) is 26.2 Å². The highest BCUT2D eigenvalue weighted by atomic mass is 16.5. The second kappa shape index (κ2) is 6.19. The molecule has 0 radical (unpaired) electrons. The zero-order chi connectivity index (χ0) is 10.2. The minimum atomic E-state index is 0.279. The van der Waals surface area contributed by atoms with Crippen LogP contribution in [0.2, 0.25) is 0 Å². The Bertz CT molecular complexity index is 269. The third kappa shape index (κ3) is 3.60. The second-order valence-electron chi connectivity index (χ2n) is 3.25. The monoisotopic (exact) mass is 191 g/mol.